The van der Waals surface area contributed by atoms with E-state index < -0.39 is 0 Å². The van der Waals surface area contributed by atoms with E-state index in [1.165, 1.54) is 29.4 Å². The Kier molecular flexibility index (Phi) is 1.84. The normalized spacial score (nSPS) is 16.5. The Morgan fingerprint density at radius 3 is 2.87 bits per heavy atom. The average molecular weight is 200 g/mol. The van der Waals surface area contributed by atoms with Crippen LogP contribution in [0.5, 0.6) is 0 Å². The molecule has 2 aromatic rings. The molecule has 3 rings (SSSR count). The second kappa shape index (κ2) is 3.09. The third kappa shape index (κ3) is 1.36. The van der Waals surface area contributed by atoms with Gasteiger partial charge in [-0.2, -0.15) is 0 Å². The van der Waals surface area contributed by atoms with Gasteiger partial charge in [-0.1, -0.05) is 13.8 Å². The van der Waals surface area contributed by atoms with E-state index in [-0.39, 0.29) is 0 Å². The van der Waals surface area contributed by atoms with Gasteiger partial charge in [-0.15, -0.1) is 0 Å². The van der Waals surface area contributed by atoms with E-state index in [1.807, 2.05) is 12.3 Å². The fraction of sp³-hybridized carbons (Fsp3) is 0.462. The molecule has 1 fully saturated rings. The number of nitrogens with zero attached hydrogens (tertiary/aromatic N) is 2. The summed E-state index contributed by atoms with van der Waals surface area (Å²) in [6.07, 6.45) is 6.83. The van der Waals surface area contributed by atoms with Crippen LogP contribution in [0.25, 0.3) is 11.0 Å². The SMILES string of the molecule is CC(C)c1cn(C2CC2)c2ncccc12. The van der Waals surface area contributed by atoms with Gasteiger partial charge in [0.25, 0.3) is 0 Å². The number of hydrogen-bond acceptors (Lipinski definition) is 1. The number of fused-ring (bicyclic) bond motifs is 1. The van der Waals surface area contributed by atoms with Gasteiger partial charge in [0.2, 0.25) is 0 Å². The molecule has 0 atom stereocenters. The summed E-state index contributed by atoms with van der Waals surface area (Å²) in [6, 6.07) is 4.94. The topological polar surface area (TPSA) is 17.8 Å². The van der Waals surface area contributed by atoms with Gasteiger partial charge in [-0.25, -0.2) is 4.98 Å². The quantitative estimate of drug-likeness (QED) is 0.725. The Morgan fingerprint density at radius 1 is 1.40 bits per heavy atom. The molecule has 0 amide bonds. The maximum atomic E-state index is 4.51. The van der Waals surface area contributed by atoms with Gasteiger partial charge in [-0.3, -0.25) is 0 Å². The third-order valence-corrected chi connectivity index (χ3v) is 3.18. The molecule has 0 aliphatic heterocycles. The molecule has 1 aliphatic carbocycles. The summed E-state index contributed by atoms with van der Waals surface area (Å²) >= 11 is 0. The van der Waals surface area contributed by atoms with Gasteiger partial charge in [0.1, 0.15) is 5.65 Å². The van der Waals surface area contributed by atoms with Crippen LogP contribution in [0.3, 0.4) is 0 Å². The minimum absolute atomic E-state index is 0.580. The minimum Gasteiger partial charge on any atom is -0.329 e. The summed E-state index contributed by atoms with van der Waals surface area (Å²) in [6.45, 7) is 4.50. The van der Waals surface area contributed by atoms with E-state index in [1.54, 1.807) is 0 Å². The Morgan fingerprint density at radius 2 is 2.20 bits per heavy atom. The molecule has 2 aromatic heterocycles. The standard InChI is InChI=1S/C13H16N2/c1-9(2)12-8-15(10-5-6-10)13-11(12)4-3-7-14-13/h3-4,7-10H,5-6H2,1-2H3. The first-order chi connectivity index (χ1) is 7.27. The fourth-order valence-electron chi connectivity index (χ4n) is 2.20. The van der Waals surface area contributed by atoms with E-state index in [2.05, 4.69) is 35.7 Å². The highest BCUT2D eigenvalue weighted by Crippen LogP contribution is 2.39. The lowest BCUT2D eigenvalue weighted by Crippen LogP contribution is -1.92. The molecule has 0 aromatic carbocycles. The monoisotopic (exact) mass is 200 g/mol. The molecule has 0 radical (unpaired) electrons. The van der Waals surface area contributed by atoms with Crippen molar-refractivity contribution >= 4 is 11.0 Å². The van der Waals surface area contributed by atoms with Gasteiger partial charge in [0.05, 0.1) is 0 Å². The van der Waals surface area contributed by atoms with Crippen molar-refractivity contribution in [3.05, 3.63) is 30.1 Å². The molecule has 2 heterocycles. The van der Waals surface area contributed by atoms with Gasteiger partial charge in [0.15, 0.2) is 0 Å². The van der Waals surface area contributed by atoms with Crippen LogP contribution < -0.4 is 0 Å². The largest absolute Gasteiger partial charge is 0.329 e. The highest BCUT2D eigenvalue weighted by molar-refractivity contribution is 5.81. The Balaban J connectivity index is 2.27. The molecule has 0 unspecified atom stereocenters. The average Bonchev–Trinajstić information content (AvgIpc) is 2.99. The van der Waals surface area contributed by atoms with Crippen molar-refractivity contribution in [2.45, 2.75) is 38.6 Å². The second-order valence-corrected chi connectivity index (χ2v) is 4.75. The first kappa shape index (κ1) is 8.96. The number of aromatic nitrogens is 2. The molecule has 0 spiro atoms. The lowest BCUT2D eigenvalue weighted by atomic mass is 10.0. The molecule has 78 valence electrons. The van der Waals surface area contributed by atoms with E-state index in [9.17, 15) is 0 Å². The van der Waals surface area contributed by atoms with Crippen LogP contribution in [0.4, 0.5) is 0 Å². The molecule has 1 saturated carbocycles. The maximum absolute atomic E-state index is 4.51. The Hall–Kier alpha value is -1.31. The fourth-order valence-corrected chi connectivity index (χ4v) is 2.20. The number of rotatable bonds is 2. The number of hydrogen-bond donors (Lipinski definition) is 0. The molecule has 15 heavy (non-hydrogen) atoms. The number of pyridine rings is 1. The van der Waals surface area contributed by atoms with Gasteiger partial charge in [0, 0.05) is 23.8 Å². The van der Waals surface area contributed by atoms with Crippen LogP contribution in [0.1, 0.15) is 44.2 Å². The van der Waals surface area contributed by atoms with Crippen LogP contribution >= 0.6 is 0 Å². The second-order valence-electron chi connectivity index (χ2n) is 4.75. The predicted octanol–water partition coefficient (Wildman–Crippen LogP) is 3.49. The minimum atomic E-state index is 0.580. The van der Waals surface area contributed by atoms with Crippen LogP contribution in [0.2, 0.25) is 0 Å². The van der Waals surface area contributed by atoms with E-state index in [4.69, 9.17) is 0 Å². The summed E-state index contributed by atoms with van der Waals surface area (Å²) in [7, 11) is 0. The van der Waals surface area contributed by atoms with Crippen LogP contribution in [0.15, 0.2) is 24.5 Å². The van der Waals surface area contributed by atoms with Gasteiger partial charge in [-0.05, 0) is 36.5 Å². The van der Waals surface area contributed by atoms with E-state index in [0.29, 0.717) is 5.92 Å². The zero-order chi connectivity index (χ0) is 10.4. The summed E-state index contributed by atoms with van der Waals surface area (Å²) < 4.78 is 2.37. The molecular weight excluding hydrogens is 184 g/mol. The van der Waals surface area contributed by atoms with Gasteiger partial charge < -0.3 is 4.57 Å². The highest BCUT2D eigenvalue weighted by Gasteiger charge is 2.26. The van der Waals surface area contributed by atoms with Crippen molar-refractivity contribution in [1.29, 1.82) is 0 Å². The zero-order valence-electron chi connectivity index (χ0n) is 9.27. The Bertz CT molecular complexity index is 456. The highest BCUT2D eigenvalue weighted by atomic mass is 15.1. The smallest absolute Gasteiger partial charge is 0.140 e. The molecule has 0 N–H and O–H groups in total. The lowest BCUT2D eigenvalue weighted by Gasteiger charge is -2.00. The summed E-state index contributed by atoms with van der Waals surface area (Å²) in [5, 5.41) is 1.33. The van der Waals surface area contributed by atoms with Crippen LogP contribution in [0, 0.1) is 0 Å². The molecule has 1 aliphatic rings. The van der Waals surface area contributed by atoms with Crippen molar-refractivity contribution in [2.24, 2.45) is 0 Å². The third-order valence-electron chi connectivity index (χ3n) is 3.18. The van der Waals surface area contributed by atoms with Crippen molar-refractivity contribution in [3.8, 4) is 0 Å². The zero-order valence-corrected chi connectivity index (χ0v) is 9.27. The van der Waals surface area contributed by atoms with E-state index in [0.717, 1.165) is 6.04 Å². The molecule has 2 nitrogen and oxygen atoms in total. The molecule has 2 heteroatoms. The molecule has 0 bridgehead atoms. The predicted molar refractivity (Wildman–Crippen MR) is 62.1 cm³/mol. The first-order valence-corrected chi connectivity index (χ1v) is 5.73. The maximum Gasteiger partial charge on any atom is 0.140 e. The first-order valence-electron chi connectivity index (χ1n) is 5.73. The lowest BCUT2D eigenvalue weighted by molar-refractivity contribution is 0.754. The van der Waals surface area contributed by atoms with Gasteiger partial charge >= 0.3 is 0 Å². The van der Waals surface area contributed by atoms with Crippen molar-refractivity contribution in [2.75, 3.05) is 0 Å². The van der Waals surface area contributed by atoms with Crippen molar-refractivity contribution in [3.63, 3.8) is 0 Å². The summed E-state index contributed by atoms with van der Waals surface area (Å²) in [5.74, 6) is 0.580. The molecule has 0 saturated heterocycles. The Labute approximate surface area is 89.9 Å². The summed E-state index contributed by atoms with van der Waals surface area (Å²) in [5.41, 5.74) is 2.61. The van der Waals surface area contributed by atoms with Crippen LogP contribution in [-0.2, 0) is 0 Å². The molecular formula is C13H16N2. The van der Waals surface area contributed by atoms with Crippen molar-refractivity contribution in [1.82, 2.24) is 9.55 Å². The van der Waals surface area contributed by atoms with E-state index >= 15 is 0 Å². The van der Waals surface area contributed by atoms with Crippen LogP contribution in [-0.4, -0.2) is 9.55 Å². The summed E-state index contributed by atoms with van der Waals surface area (Å²) in [4.78, 5) is 4.51. The van der Waals surface area contributed by atoms with Crippen molar-refractivity contribution < 1.29 is 0 Å².